The van der Waals surface area contributed by atoms with Crippen molar-refractivity contribution in [2.45, 2.75) is 6.42 Å². The molecule has 0 aliphatic rings. The van der Waals surface area contributed by atoms with E-state index in [4.69, 9.17) is 28.9 Å². The van der Waals surface area contributed by atoms with Crippen LogP contribution in [0.5, 0.6) is 5.75 Å². The minimum atomic E-state index is -0.653. The van der Waals surface area contributed by atoms with Gasteiger partial charge in [-0.25, -0.2) is 14.8 Å². The Labute approximate surface area is 172 Å². The molecule has 0 amide bonds. The van der Waals surface area contributed by atoms with Gasteiger partial charge in [0.15, 0.2) is 11.6 Å². The number of rotatable bonds is 7. The average Bonchev–Trinajstić information content (AvgIpc) is 2.62. The third kappa shape index (κ3) is 7.19. The van der Waals surface area contributed by atoms with Crippen LogP contribution < -0.4 is 16.6 Å². The Morgan fingerprint density at radius 2 is 1.89 bits per heavy atom. The fraction of sp³-hybridized carbons (Fsp3) is 0.158. The number of nitrogens with two attached hydrogens (primary N) is 1. The molecule has 148 valence electrons. The molecule has 2 aromatic rings. The van der Waals surface area contributed by atoms with Crippen LogP contribution in [0.25, 0.3) is 0 Å². The highest BCUT2D eigenvalue weighted by Gasteiger charge is 2.02. The number of nitrogens with zero attached hydrogens (tertiary/aromatic N) is 2. The van der Waals surface area contributed by atoms with Crippen molar-refractivity contribution in [2.75, 3.05) is 13.6 Å². The number of nitrogens with one attached hydrogen (secondary N) is 2. The number of aliphatic imine (C=N–C) groups is 2. The Morgan fingerprint density at radius 1 is 1.18 bits per heavy atom. The van der Waals surface area contributed by atoms with Gasteiger partial charge in [0.05, 0.1) is 5.69 Å². The summed E-state index contributed by atoms with van der Waals surface area (Å²) < 4.78 is 13.4. The monoisotopic (exact) mass is 423 g/mol. The maximum absolute atomic E-state index is 13.4. The van der Waals surface area contributed by atoms with Crippen molar-refractivity contribution < 1.29 is 9.50 Å². The van der Waals surface area contributed by atoms with Crippen LogP contribution >= 0.6 is 23.2 Å². The lowest BCUT2D eigenvalue weighted by Crippen LogP contribution is -2.33. The molecule has 2 aromatic carbocycles. The van der Waals surface area contributed by atoms with Crippen molar-refractivity contribution in [3.8, 4) is 5.75 Å². The molecule has 0 saturated carbocycles. The lowest BCUT2D eigenvalue weighted by Gasteiger charge is -2.05. The van der Waals surface area contributed by atoms with Crippen LogP contribution in [0.3, 0.4) is 0 Å². The van der Waals surface area contributed by atoms with Gasteiger partial charge in [-0.15, -0.1) is 0 Å². The third-order valence-corrected chi connectivity index (χ3v) is 3.90. The van der Waals surface area contributed by atoms with E-state index in [0.29, 0.717) is 34.5 Å². The SMILES string of the molecule is CNNC(/C=C\C(N)=Nc1cc(Cl)cc(Cl)c1)=NCCc1ccc(O)c(F)c1. The average molecular weight is 424 g/mol. The Balaban J connectivity index is 2.04. The lowest BCUT2D eigenvalue weighted by atomic mass is 10.1. The molecule has 0 heterocycles. The molecule has 2 rings (SSSR count). The smallest absolute Gasteiger partial charge is 0.165 e. The van der Waals surface area contributed by atoms with Crippen molar-refractivity contribution in [2.24, 2.45) is 15.7 Å². The number of amidine groups is 2. The fourth-order valence-electron chi connectivity index (χ4n) is 2.23. The van der Waals surface area contributed by atoms with Crippen LogP contribution in [0.4, 0.5) is 10.1 Å². The van der Waals surface area contributed by atoms with Gasteiger partial charge in [-0.2, -0.15) is 0 Å². The summed E-state index contributed by atoms with van der Waals surface area (Å²) in [4.78, 5) is 8.62. The molecule has 0 atom stereocenters. The summed E-state index contributed by atoms with van der Waals surface area (Å²) in [6.07, 6.45) is 3.74. The summed E-state index contributed by atoms with van der Waals surface area (Å²) in [5, 5.41) is 10.1. The molecule has 0 bridgehead atoms. The number of hydrogen-bond acceptors (Lipinski definition) is 4. The highest BCUT2D eigenvalue weighted by Crippen LogP contribution is 2.24. The molecule has 0 fully saturated rings. The van der Waals surface area contributed by atoms with E-state index in [1.54, 1.807) is 43.5 Å². The zero-order chi connectivity index (χ0) is 20.5. The second-order valence-electron chi connectivity index (χ2n) is 5.68. The Kier molecular flexibility index (Phi) is 8.25. The van der Waals surface area contributed by atoms with Crippen LogP contribution in [-0.2, 0) is 6.42 Å². The summed E-state index contributed by atoms with van der Waals surface area (Å²) in [7, 11) is 1.70. The summed E-state index contributed by atoms with van der Waals surface area (Å²) >= 11 is 11.9. The zero-order valence-electron chi connectivity index (χ0n) is 15.1. The van der Waals surface area contributed by atoms with E-state index in [9.17, 15) is 9.50 Å². The number of aromatic hydroxyl groups is 1. The molecular formula is C19H20Cl2FN5O. The third-order valence-electron chi connectivity index (χ3n) is 3.47. The minimum absolute atomic E-state index is 0.240. The van der Waals surface area contributed by atoms with Crippen LogP contribution in [0.2, 0.25) is 10.0 Å². The minimum Gasteiger partial charge on any atom is -0.505 e. The van der Waals surface area contributed by atoms with Crippen molar-refractivity contribution >= 4 is 40.6 Å². The van der Waals surface area contributed by atoms with E-state index in [1.807, 2.05) is 0 Å². The maximum Gasteiger partial charge on any atom is 0.165 e. The van der Waals surface area contributed by atoms with Gasteiger partial charge >= 0.3 is 0 Å². The van der Waals surface area contributed by atoms with E-state index in [0.717, 1.165) is 5.56 Å². The van der Waals surface area contributed by atoms with Crippen LogP contribution in [0.1, 0.15) is 5.56 Å². The second kappa shape index (κ2) is 10.7. The van der Waals surface area contributed by atoms with Gasteiger partial charge in [0.2, 0.25) is 0 Å². The highest BCUT2D eigenvalue weighted by atomic mass is 35.5. The first-order chi connectivity index (χ1) is 13.4. The van der Waals surface area contributed by atoms with Crippen LogP contribution in [0, 0.1) is 5.82 Å². The molecule has 0 aliphatic heterocycles. The predicted molar refractivity (Wildman–Crippen MR) is 113 cm³/mol. The number of hydrazine groups is 1. The number of phenolic OH excluding ortho intramolecular Hbond substituents is 1. The Hall–Kier alpha value is -2.61. The van der Waals surface area contributed by atoms with Gasteiger partial charge in [-0.1, -0.05) is 29.3 Å². The molecule has 6 nitrogen and oxygen atoms in total. The van der Waals surface area contributed by atoms with Crippen molar-refractivity contribution in [3.63, 3.8) is 0 Å². The number of halogens is 3. The van der Waals surface area contributed by atoms with E-state index in [-0.39, 0.29) is 11.6 Å². The molecular weight excluding hydrogens is 404 g/mol. The maximum atomic E-state index is 13.4. The van der Waals surface area contributed by atoms with E-state index in [1.165, 1.54) is 12.1 Å². The van der Waals surface area contributed by atoms with E-state index >= 15 is 0 Å². The lowest BCUT2D eigenvalue weighted by molar-refractivity contribution is 0.432. The van der Waals surface area contributed by atoms with Gasteiger partial charge < -0.3 is 16.3 Å². The molecule has 0 aromatic heterocycles. The summed E-state index contributed by atoms with van der Waals surface area (Å²) in [6, 6.07) is 9.15. The highest BCUT2D eigenvalue weighted by molar-refractivity contribution is 6.35. The normalized spacial score (nSPS) is 12.6. The predicted octanol–water partition coefficient (Wildman–Crippen LogP) is 3.75. The van der Waals surface area contributed by atoms with Gasteiger partial charge in [-0.05, 0) is 54.5 Å². The zero-order valence-corrected chi connectivity index (χ0v) is 16.6. The van der Waals surface area contributed by atoms with E-state index in [2.05, 4.69) is 20.8 Å². The first kappa shape index (κ1) is 21.7. The standard InChI is InChI=1S/C19H20Cl2FN5O/c1-24-27-19(25-7-6-12-2-3-17(28)16(22)8-12)5-4-18(23)26-15-10-13(20)9-14(21)11-15/h2-5,8-11,24,28H,6-7H2,1H3,(H2,23,26)(H,25,27)/b5-4-. The number of hydrogen-bond donors (Lipinski definition) is 4. The molecule has 0 saturated heterocycles. The van der Waals surface area contributed by atoms with Gasteiger partial charge in [0, 0.05) is 23.6 Å². The van der Waals surface area contributed by atoms with Crippen LogP contribution in [0.15, 0.2) is 58.5 Å². The van der Waals surface area contributed by atoms with Crippen LogP contribution in [-0.4, -0.2) is 30.4 Å². The molecule has 0 radical (unpaired) electrons. The largest absolute Gasteiger partial charge is 0.505 e. The van der Waals surface area contributed by atoms with Crippen molar-refractivity contribution in [1.82, 2.24) is 10.9 Å². The molecule has 28 heavy (non-hydrogen) atoms. The summed E-state index contributed by atoms with van der Waals surface area (Å²) in [5.74, 6) is -0.267. The summed E-state index contributed by atoms with van der Waals surface area (Å²) in [6.45, 7) is 0.402. The van der Waals surface area contributed by atoms with E-state index < -0.39 is 5.82 Å². The second-order valence-corrected chi connectivity index (χ2v) is 6.55. The molecule has 5 N–H and O–H groups in total. The van der Waals surface area contributed by atoms with Gasteiger partial charge in [-0.3, -0.25) is 4.99 Å². The fourth-order valence-corrected chi connectivity index (χ4v) is 2.74. The first-order valence-corrected chi connectivity index (χ1v) is 9.06. The molecule has 0 spiro atoms. The van der Waals surface area contributed by atoms with Gasteiger partial charge in [0.1, 0.15) is 11.7 Å². The van der Waals surface area contributed by atoms with Gasteiger partial charge in [0.25, 0.3) is 0 Å². The first-order valence-electron chi connectivity index (χ1n) is 8.30. The van der Waals surface area contributed by atoms with Crippen molar-refractivity contribution in [1.29, 1.82) is 0 Å². The quantitative estimate of drug-likeness (QED) is 0.309. The molecule has 0 aliphatic carbocycles. The topological polar surface area (TPSA) is 95.0 Å². The molecule has 9 heteroatoms. The number of phenols is 1. The summed E-state index contributed by atoms with van der Waals surface area (Å²) in [5.41, 5.74) is 12.8. The molecule has 0 unspecified atom stereocenters. The Morgan fingerprint density at radius 3 is 2.54 bits per heavy atom. The number of benzene rings is 2. The Bertz CT molecular complexity index is 895. The van der Waals surface area contributed by atoms with Crippen molar-refractivity contribution in [3.05, 3.63) is 70.0 Å².